The van der Waals surface area contributed by atoms with Crippen molar-refractivity contribution in [3.8, 4) is 0 Å². The predicted molar refractivity (Wildman–Crippen MR) is 99.2 cm³/mol. The molecule has 0 aliphatic heterocycles. The number of rotatable bonds is 6. The van der Waals surface area contributed by atoms with Crippen LogP contribution in [-0.4, -0.2) is 28.0 Å². The Labute approximate surface area is 160 Å². The van der Waals surface area contributed by atoms with Crippen molar-refractivity contribution in [1.82, 2.24) is 4.57 Å². The number of nitrogens with zero attached hydrogens (tertiary/aromatic N) is 2. The lowest BCUT2D eigenvalue weighted by molar-refractivity contribution is -0.383. The molecule has 1 heterocycles. The average molecular weight is 392 g/mol. The van der Waals surface area contributed by atoms with Gasteiger partial charge in [-0.1, -0.05) is 11.6 Å². The Morgan fingerprint density at radius 3 is 2.67 bits per heavy atom. The van der Waals surface area contributed by atoms with Crippen LogP contribution in [0.3, 0.4) is 0 Å². The van der Waals surface area contributed by atoms with Crippen molar-refractivity contribution >= 4 is 34.9 Å². The maximum atomic E-state index is 12.3. The van der Waals surface area contributed by atoms with E-state index in [1.165, 1.54) is 18.2 Å². The minimum Gasteiger partial charge on any atom is -0.452 e. The lowest BCUT2D eigenvalue weighted by Gasteiger charge is -2.09. The second-order valence-electron chi connectivity index (χ2n) is 6.43. The zero-order chi connectivity index (χ0) is 19.7. The smallest absolute Gasteiger partial charge is 0.340 e. The van der Waals surface area contributed by atoms with Crippen molar-refractivity contribution in [2.24, 2.45) is 0 Å². The lowest BCUT2D eigenvalue weighted by atomic mass is 10.2. The van der Waals surface area contributed by atoms with Crippen LogP contribution < -0.4 is 5.32 Å². The number of hydrogen-bond acceptors (Lipinski definition) is 5. The first-order valence-electron chi connectivity index (χ1n) is 8.37. The standard InChI is InChI=1S/C18H18ClN3O5/c1-10-7-14(11(2)21(10)13-4-5-13)18(24)27-9-17(23)20-15-8-12(19)3-6-16(15)22(25)26/h3,6-8,13H,4-5,9H2,1-2H3,(H,20,23). The Hall–Kier alpha value is -2.87. The summed E-state index contributed by atoms with van der Waals surface area (Å²) in [4.78, 5) is 34.8. The largest absolute Gasteiger partial charge is 0.452 e. The molecule has 1 aromatic carbocycles. The highest BCUT2D eigenvalue weighted by Crippen LogP contribution is 2.38. The minimum absolute atomic E-state index is 0.0551. The molecule has 2 aromatic rings. The van der Waals surface area contributed by atoms with Crippen LogP contribution in [0.15, 0.2) is 24.3 Å². The number of nitro groups is 1. The number of aromatic nitrogens is 1. The summed E-state index contributed by atoms with van der Waals surface area (Å²) in [5, 5.41) is 13.6. The van der Waals surface area contributed by atoms with Crippen molar-refractivity contribution in [3.63, 3.8) is 0 Å². The van der Waals surface area contributed by atoms with Crippen LogP contribution in [0.2, 0.25) is 5.02 Å². The molecule has 0 spiro atoms. The van der Waals surface area contributed by atoms with Crippen molar-refractivity contribution in [2.75, 3.05) is 11.9 Å². The van der Waals surface area contributed by atoms with Crippen molar-refractivity contribution in [1.29, 1.82) is 0 Å². The molecule has 1 aliphatic carbocycles. The van der Waals surface area contributed by atoms with E-state index < -0.39 is 23.4 Å². The molecule has 1 amide bonds. The van der Waals surface area contributed by atoms with Crippen LogP contribution in [0, 0.1) is 24.0 Å². The summed E-state index contributed by atoms with van der Waals surface area (Å²) < 4.78 is 7.18. The van der Waals surface area contributed by atoms with Gasteiger partial charge in [-0.05, 0) is 44.9 Å². The van der Waals surface area contributed by atoms with Crippen LogP contribution >= 0.6 is 11.6 Å². The number of anilines is 1. The summed E-state index contributed by atoms with van der Waals surface area (Å²) in [5.41, 5.74) is 1.85. The fourth-order valence-corrected chi connectivity index (χ4v) is 3.21. The predicted octanol–water partition coefficient (Wildman–Crippen LogP) is 3.80. The lowest BCUT2D eigenvalue weighted by Crippen LogP contribution is -2.21. The van der Waals surface area contributed by atoms with Gasteiger partial charge in [-0.3, -0.25) is 14.9 Å². The summed E-state index contributed by atoms with van der Waals surface area (Å²) in [5.74, 6) is -1.30. The van der Waals surface area contributed by atoms with Gasteiger partial charge in [-0.15, -0.1) is 0 Å². The first kappa shape index (κ1) is 18.9. The molecule has 8 nitrogen and oxygen atoms in total. The molecule has 0 saturated heterocycles. The first-order chi connectivity index (χ1) is 12.8. The number of carbonyl (C=O) groups is 2. The van der Waals surface area contributed by atoms with Gasteiger partial charge in [0.2, 0.25) is 0 Å². The van der Waals surface area contributed by atoms with Gasteiger partial charge in [-0.25, -0.2) is 4.79 Å². The molecule has 1 saturated carbocycles. The third-order valence-electron chi connectivity index (χ3n) is 4.38. The Morgan fingerprint density at radius 1 is 1.33 bits per heavy atom. The molecular weight excluding hydrogens is 374 g/mol. The third kappa shape index (κ3) is 4.11. The maximum absolute atomic E-state index is 12.3. The number of carbonyl (C=O) groups excluding carboxylic acids is 2. The number of ether oxygens (including phenoxy) is 1. The van der Waals surface area contributed by atoms with Crippen LogP contribution in [0.4, 0.5) is 11.4 Å². The molecule has 1 aromatic heterocycles. The fourth-order valence-electron chi connectivity index (χ4n) is 3.04. The molecule has 1 fully saturated rings. The van der Waals surface area contributed by atoms with Gasteiger partial charge in [0.05, 0.1) is 10.5 Å². The zero-order valence-corrected chi connectivity index (χ0v) is 15.6. The quantitative estimate of drug-likeness (QED) is 0.458. The third-order valence-corrected chi connectivity index (χ3v) is 4.62. The van der Waals surface area contributed by atoms with E-state index >= 15 is 0 Å². The van der Waals surface area contributed by atoms with E-state index in [4.69, 9.17) is 16.3 Å². The van der Waals surface area contributed by atoms with Crippen molar-refractivity contribution in [2.45, 2.75) is 32.7 Å². The van der Waals surface area contributed by atoms with Gasteiger partial charge in [0.1, 0.15) is 5.69 Å². The van der Waals surface area contributed by atoms with E-state index in [1.807, 2.05) is 13.8 Å². The number of esters is 1. The van der Waals surface area contributed by atoms with Gasteiger partial charge in [-0.2, -0.15) is 0 Å². The average Bonchev–Trinajstić information content (AvgIpc) is 3.37. The summed E-state index contributed by atoms with van der Waals surface area (Å²) >= 11 is 5.82. The Kier molecular flexibility index (Phi) is 5.18. The molecule has 9 heteroatoms. The van der Waals surface area contributed by atoms with E-state index in [-0.39, 0.29) is 16.4 Å². The Bertz CT molecular complexity index is 933. The summed E-state index contributed by atoms with van der Waals surface area (Å²) in [6.07, 6.45) is 2.18. The summed E-state index contributed by atoms with van der Waals surface area (Å²) in [6, 6.07) is 5.98. The minimum atomic E-state index is -0.690. The molecule has 1 aliphatic rings. The first-order valence-corrected chi connectivity index (χ1v) is 8.75. The molecule has 0 atom stereocenters. The second kappa shape index (κ2) is 7.40. The van der Waals surface area contributed by atoms with Gasteiger partial charge in [0, 0.05) is 28.5 Å². The molecule has 3 rings (SSSR count). The van der Waals surface area contributed by atoms with Crippen LogP contribution in [0.5, 0.6) is 0 Å². The highest BCUT2D eigenvalue weighted by atomic mass is 35.5. The van der Waals surface area contributed by atoms with Gasteiger partial charge in [0.15, 0.2) is 6.61 Å². The fraction of sp³-hybridized carbons (Fsp3) is 0.333. The Balaban J connectivity index is 1.65. The Morgan fingerprint density at radius 2 is 2.04 bits per heavy atom. The molecule has 27 heavy (non-hydrogen) atoms. The van der Waals surface area contributed by atoms with Crippen molar-refractivity contribution < 1.29 is 19.2 Å². The van der Waals surface area contributed by atoms with Crippen LogP contribution in [0.1, 0.15) is 40.6 Å². The van der Waals surface area contributed by atoms with E-state index in [9.17, 15) is 19.7 Å². The molecule has 0 radical (unpaired) electrons. The molecule has 0 unspecified atom stereocenters. The summed E-state index contributed by atoms with van der Waals surface area (Å²) in [6.45, 7) is 3.21. The molecule has 142 valence electrons. The number of halogens is 1. The molecule has 0 bridgehead atoms. The topological polar surface area (TPSA) is 103 Å². The number of benzene rings is 1. The second-order valence-corrected chi connectivity index (χ2v) is 6.87. The van der Waals surface area contributed by atoms with Gasteiger partial charge in [0.25, 0.3) is 11.6 Å². The van der Waals surface area contributed by atoms with Crippen LogP contribution in [-0.2, 0) is 9.53 Å². The van der Waals surface area contributed by atoms with E-state index in [2.05, 4.69) is 9.88 Å². The number of nitrogens with one attached hydrogen (secondary N) is 1. The summed E-state index contributed by atoms with van der Waals surface area (Å²) in [7, 11) is 0. The number of aryl methyl sites for hydroxylation is 1. The van der Waals surface area contributed by atoms with E-state index in [0.717, 1.165) is 24.2 Å². The van der Waals surface area contributed by atoms with E-state index in [1.54, 1.807) is 6.07 Å². The van der Waals surface area contributed by atoms with Gasteiger partial charge >= 0.3 is 5.97 Å². The monoisotopic (exact) mass is 391 g/mol. The number of amides is 1. The number of hydrogen-bond donors (Lipinski definition) is 1. The normalized spacial score (nSPS) is 13.3. The van der Waals surface area contributed by atoms with Gasteiger partial charge < -0.3 is 14.6 Å². The number of nitro benzene ring substituents is 1. The van der Waals surface area contributed by atoms with Crippen molar-refractivity contribution in [3.05, 3.63) is 56.4 Å². The highest BCUT2D eigenvalue weighted by Gasteiger charge is 2.29. The molecule has 1 N–H and O–H groups in total. The van der Waals surface area contributed by atoms with Crippen LogP contribution in [0.25, 0.3) is 0 Å². The molecular formula is C18H18ClN3O5. The van der Waals surface area contributed by atoms with E-state index in [0.29, 0.717) is 11.6 Å². The SMILES string of the molecule is Cc1cc(C(=O)OCC(=O)Nc2cc(Cl)ccc2[N+](=O)[O-])c(C)n1C1CC1. The highest BCUT2D eigenvalue weighted by molar-refractivity contribution is 6.31. The maximum Gasteiger partial charge on any atom is 0.340 e. The zero-order valence-electron chi connectivity index (χ0n) is 14.8.